The van der Waals surface area contributed by atoms with Gasteiger partial charge < -0.3 is 102 Å². The molecule has 5 aliphatic rings. The third-order valence-corrected chi connectivity index (χ3v) is 27.0. The van der Waals surface area contributed by atoms with E-state index in [1.165, 1.54) is 34.3 Å². The Balaban J connectivity index is 0.555. The van der Waals surface area contributed by atoms with Crippen LogP contribution in [0.5, 0.6) is 5.88 Å². The fraction of sp³-hybridized carbons (Fsp3) is 0.618. The number of carbonyl (C=O) groups is 5. The zero-order valence-corrected chi connectivity index (χ0v) is 82.2. The molecule has 764 valence electrons. The van der Waals surface area contributed by atoms with Gasteiger partial charge in [0.15, 0.2) is 6.61 Å². The molecule has 4 fully saturated rings. The number of ketones is 2. The second-order valence-electron chi connectivity index (χ2n) is 37.0. The number of methoxy groups -OCH3 is 4. The van der Waals surface area contributed by atoms with E-state index in [1.54, 1.807) is 96.0 Å². The predicted octanol–water partition coefficient (Wildman–Crippen LogP) is 11.0. The van der Waals surface area contributed by atoms with E-state index in [9.17, 15) is 49.2 Å². The largest absolute Gasteiger partial charge is 0.481 e. The lowest BCUT2D eigenvalue weighted by Crippen LogP contribution is -2.61. The number of fused-ring (bicyclic) bond motifs is 6. The molecule has 5 N–H and O–H groups in total. The van der Waals surface area contributed by atoms with Gasteiger partial charge in [0.1, 0.15) is 30.1 Å². The molecule has 1 saturated carbocycles. The van der Waals surface area contributed by atoms with Crippen LogP contribution in [0.3, 0.4) is 0 Å². The third-order valence-electron chi connectivity index (χ3n) is 27.0. The predicted molar refractivity (Wildman–Crippen MR) is 515 cm³/mol. The van der Waals surface area contributed by atoms with Crippen molar-refractivity contribution >= 4 is 68.6 Å². The number of aliphatic hydroxyl groups is 4. The number of aryl methyl sites for hydroxylation is 2. The van der Waals surface area contributed by atoms with Gasteiger partial charge in [-0.05, 0) is 161 Å². The summed E-state index contributed by atoms with van der Waals surface area (Å²) in [5.74, 6) is -7.05. The van der Waals surface area contributed by atoms with Crippen LogP contribution in [0, 0.1) is 35.5 Å². The highest BCUT2D eigenvalue weighted by Crippen LogP contribution is 2.42. The van der Waals surface area contributed by atoms with E-state index in [1.807, 2.05) is 81.2 Å². The highest BCUT2D eigenvalue weighted by Gasteiger charge is 2.53. The second-order valence-corrected chi connectivity index (χ2v) is 37.0. The molecule has 3 saturated heterocycles. The molecule has 2 bridgehead atoms. The Hall–Kier alpha value is -9.84. The topological polar surface area (TPSA) is 399 Å². The molecule has 11 rings (SSSR count). The maximum atomic E-state index is 15.1. The van der Waals surface area contributed by atoms with Crippen LogP contribution in [0.15, 0.2) is 131 Å². The van der Waals surface area contributed by atoms with Crippen LogP contribution < -0.4 is 25.5 Å². The Morgan fingerprint density at radius 1 is 0.676 bits per heavy atom. The number of cyclic esters (lactones) is 1. The van der Waals surface area contributed by atoms with Crippen molar-refractivity contribution in [2.75, 3.05) is 163 Å². The van der Waals surface area contributed by atoms with Gasteiger partial charge in [-0.15, -0.1) is 0 Å². The standard InChI is InChI=1S/C102H142F3N11O23/c1-65-18-14-13-15-19-66(2)87(127-9)58-78-28-21-71(7)101(126,139-78)96(122)97(123)115-35-17-16-20-83(115)98(124)138-88(68(4)54-72-23-31-85(118)89(55-72)128-10)59-86(119)67(3)53-70(6)94(121)95(130-12)92(69(5)52-65)111-137-64-90(120)106-34-41-132-43-45-134-47-49-136-51-50-135-48-46-133-44-42-131-40-33-77(117)27-22-73-60-109-99(110-61-73)114-38-36-113(37-39-114)82-30-26-76(57-80(82)102(103,104)105)116-93-79-56-74(75-25-32-91(129-11)108-62-75)24-29-81(79)107-63-84(93)112(8)100(116)125/h13-15,18-19,24-26,29-30,32,53,56-57,60-63,65,67-69,71-72,78,83,85-89,94-95,118-119,121,126H,16-17,20-23,27-28,31,33-52,54-55,58-59,64H2,1-12H3,(H,106,120)/b15-13+,18-14+,66-19+,70-53+,111-92?/t65-,67-,68-,69-,71-,72+,78+,83+,85-,86-,87+,88+,89-,94-,95+,101-/m1/s1. The summed E-state index contributed by atoms with van der Waals surface area (Å²) in [5, 5.41) is 55.1. The number of amides is 2. The van der Waals surface area contributed by atoms with Gasteiger partial charge in [0.25, 0.3) is 17.6 Å². The normalized spacial score (nSPS) is 26.8. The molecule has 34 nitrogen and oxygen atoms in total. The number of ether oxygens (including phenoxy) is 12. The van der Waals surface area contributed by atoms with Gasteiger partial charge in [0.05, 0.1) is 157 Å². The smallest absolute Gasteiger partial charge is 0.418 e. The van der Waals surface area contributed by atoms with Gasteiger partial charge in [0.2, 0.25) is 17.6 Å². The minimum atomic E-state index is -4.75. The molecule has 16 atom stereocenters. The molecule has 37 heteroatoms. The number of anilines is 2. The van der Waals surface area contributed by atoms with Crippen molar-refractivity contribution in [1.82, 2.24) is 39.3 Å². The Labute approximate surface area is 811 Å². The summed E-state index contributed by atoms with van der Waals surface area (Å²) in [6.07, 6.45) is 12.7. The van der Waals surface area contributed by atoms with Crippen LogP contribution in [-0.2, 0) is 101 Å². The van der Waals surface area contributed by atoms with Crippen molar-refractivity contribution in [3.63, 3.8) is 0 Å². The first kappa shape index (κ1) is 110. The Morgan fingerprint density at radius 3 is 2.01 bits per heavy atom. The number of aliphatic hydroxyl groups excluding tert-OH is 3. The van der Waals surface area contributed by atoms with Crippen molar-refractivity contribution < 1.29 is 119 Å². The molecule has 4 aromatic heterocycles. The van der Waals surface area contributed by atoms with Gasteiger partial charge in [-0.25, -0.2) is 24.5 Å². The molecule has 0 spiro atoms. The Kier molecular flexibility index (Phi) is 42.4. The number of imidazole rings is 1. The van der Waals surface area contributed by atoms with E-state index < -0.39 is 114 Å². The summed E-state index contributed by atoms with van der Waals surface area (Å²) in [5.41, 5.74) is 4.00. The molecule has 6 aromatic rings. The Morgan fingerprint density at radius 2 is 1.35 bits per heavy atom. The fourth-order valence-electron chi connectivity index (χ4n) is 18.7. The van der Waals surface area contributed by atoms with Crippen LogP contribution in [0.4, 0.5) is 24.8 Å². The maximum Gasteiger partial charge on any atom is 0.418 e. The molecular formula is C102H142F3N11O23. The number of pyridine rings is 2. The number of allylic oxidation sites excluding steroid dienone is 5. The van der Waals surface area contributed by atoms with E-state index in [0.29, 0.717) is 175 Å². The maximum absolute atomic E-state index is 15.1. The SMILES string of the molecule is COc1ccc(-c2ccc3ncc4c(c3c2)n(-c2ccc(N3CCN(c5ncc(CCC(=O)CCOCCOCCOCCOCCOCCOCCNC(=O)CON=C6[C@H](C)C[C@H](C)/C=C/C=C/C=C(\C)[C@@H](OC)C[C@@H]7CC[C@@H](C)[C@@](O)(O7)C(=O)C(=O)N7CCCC[C@H]7C(=O)O[C@H]([C@H](C)C[C@@H]7CC[C@@H](O)[C@H](OC)C7)C[C@@H](O)[C@H](C)/C=C(\C)[C@@H](O)[C@H]6OC)cn5)CC3)c(C(F)(F)F)c2)c(=O)n4C)cn1. The Bertz CT molecular complexity index is 5180. The van der Waals surface area contributed by atoms with E-state index in [0.717, 1.165) is 28.3 Å². The number of nitrogens with one attached hydrogen (secondary N) is 1. The minimum absolute atomic E-state index is 0.00506. The van der Waals surface area contributed by atoms with E-state index in [4.69, 9.17) is 61.7 Å². The van der Waals surface area contributed by atoms with Crippen LogP contribution in [0.2, 0.25) is 0 Å². The zero-order valence-electron chi connectivity index (χ0n) is 82.2. The number of aromatic nitrogens is 6. The van der Waals surface area contributed by atoms with Crippen LogP contribution in [0.1, 0.15) is 149 Å². The highest BCUT2D eigenvalue weighted by molar-refractivity contribution is 6.39. The average molecular weight is 1950 g/mol. The number of rotatable bonds is 38. The first-order valence-electron chi connectivity index (χ1n) is 48.6. The van der Waals surface area contributed by atoms with Crippen LogP contribution in [-0.4, -0.2) is 304 Å². The van der Waals surface area contributed by atoms with Gasteiger partial charge in [-0.1, -0.05) is 82.3 Å². The van der Waals surface area contributed by atoms with E-state index in [2.05, 4.69) is 30.4 Å². The van der Waals surface area contributed by atoms with Gasteiger partial charge in [-0.2, -0.15) is 13.2 Å². The van der Waals surface area contributed by atoms with Crippen LogP contribution >= 0.6 is 0 Å². The number of esters is 1. The number of hydrogen-bond donors (Lipinski definition) is 5. The molecule has 2 amide bonds. The molecule has 0 radical (unpaired) electrons. The van der Waals surface area contributed by atoms with Crippen molar-refractivity contribution in [2.24, 2.45) is 47.7 Å². The number of hydrogen-bond acceptors (Lipinski definition) is 30. The van der Waals surface area contributed by atoms with E-state index >= 15 is 13.2 Å². The third kappa shape index (κ3) is 30.6. The average Bonchev–Trinajstić information content (AvgIpc) is 1.59. The highest BCUT2D eigenvalue weighted by atomic mass is 19.4. The number of nitrogens with zero attached hydrogens (tertiary/aromatic N) is 10. The number of Topliss-reactive ketones (excluding diaryl/α,β-unsaturated/α-hetero) is 2. The zero-order chi connectivity index (χ0) is 99.9. The molecule has 139 heavy (non-hydrogen) atoms. The van der Waals surface area contributed by atoms with Gasteiger partial charge in [-0.3, -0.25) is 33.3 Å². The summed E-state index contributed by atoms with van der Waals surface area (Å²) >= 11 is 0. The molecule has 2 aromatic carbocycles. The molecule has 8 heterocycles. The number of alkyl halides is 3. The summed E-state index contributed by atoms with van der Waals surface area (Å²) in [4.78, 5) is 112. The number of oxime groups is 1. The quantitative estimate of drug-likeness (QED) is 0.00790. The lowest BCUT2D eigenvalue weighted by molar-refractivity contribution is -0.265. The fourth-order valence-corrected chi connectivity index (χ4v) is 18.7. The first-order valence-corrected chi connectivity index (χ1v) is 48.6. The van der Waals surface area contributed by atoms with Crippen molar-refractivity contribution in [3.05, 3.63) is 143 Å². The molecule has 4 aliphatic heterocycles. The molecule has 1 aliphatic carbocycles. The molecule has 0 unspecified atom stereocenters. The van der Waals surface area contributed by atoms with Crippen molar-refractivity contribution in [1.29, 1.82) is 0 Å². The minimum Gasteiger partial charge on any atom is -0.481 e. The number of piperidine rings is 1. The summed E-state index contributed by atoms with van der Waals surface area (Å²) < 4.78 is 117. The number of carbonyl (C=O) groups excluding carboxylic acids is 5. The number of halogens is 3. The number of piperazine rings is 1. The van der Waals surface area contributed by atoms with Gasteiger partial charge in [0, 0.05) is 152 Å². The number of benzene rings is 2. The summed E-state index contributed by atoms with van der Waals surface area (Å²) in [6.45, 7) is 17.6. The monoisotopic (exact) mass is 1950 g/mol. The van der Waals surface area contributed by atoms with E-state index in [-0.39, 0.29) is 132 Å². The lowest BCUT2D eigenvalue weighted by atomic mass is 9.78. The first-order chi connectivity index (χ1) is 66.8. The summed E-state index contributed by atoms with van der Waals surface area (Å²) in [7, 11) is 7.67. The van der Waals surface area contributed by atoms with Crippen molar-refractivity contribution in [3.8, 4) is 22.7 Å². The summed E-state index contributed by atoms with van der Waals surface area (Å²) in [6, 6.07) is 11.9. The van der Waals surface area contributed by atoms with Crippen LogP contribution in [0.25, 0.3) is 38.8 Å². The molecular weight excluding hydrogens is 1800 g/mol. The second kappa shape index (κ2) is 53.9. The van der Waals surface area contributed by atoms with Crippen molar-refractivity contribution in [2.45, 2.75) is 212 Å². The lowest BCUT2D eigenvalue weighted by Gasteiger charge is -2.43. The van der Waals surface area contributed by atoms with Gasteiger partial charge >= 0.3 is 17.8 Å².